The largest absolute Gasteiger partial charge is 0.321 e. The Morgan fingerprint density at radius 3 is 2.53 bits per heavy atom. The van der Waals surface area contributed by atoms with Gasteiger partial charge in [0.2, 0.25) is 0 Å². The Morgan fingerprint density at radius 2 is 2.00 bits per heavy atom. The molecule has 6 heteroatoms. The highest BCUT2D eigenvalue weighted by Crippen LogP contribution is 2.25. The molecule has 0 spiro atoms. The van der Waals surface area contributed by atoms with Crippen molar-refractivity contribution in [2.24, 2.45) is 0 Å². The first kappa shape index (κ1) is 12.2. The van der Waals surface area contributed by atoms with Crippen molar-refractivity contribution < 1.29 is 4.79 Å². The van der Waals surface area contributed by atoms with Crippen LogP contribution in [0.2, 0.25) is 0 Å². The Bertz CT molecular complexity index is 531. The van der Waals surface area contributed by atoms with Crippen LogP contribution in [0.4, 0.5) is 5.69 Å². The summed E-state index contributed by atoms with van der Waals surface area (Å²) in [6.45, 7) is 3.97. The number of carbonyl (C=O) groups is 1. The SMILES string of the molecule is Cc1cc(NC(=O)c2csnn2)cc(C)c1Br. The minimum atomic E-state index is -0.236. The molecule has 2 aromatic rings. The van der Waals surface area contributed by atoms with E-state index in [-0.39, 0.29) is 5.91 Å². The van der Waals surface area contributed by atoms with Crippen LogP contribution in [0.15, 0.2) is 22.0 Å². The first-order chi connectivity index (χ1) is 8.08. The lowest BCUT2D eigenvalue weighted by atomic mass is 10.1. The third-order valence-corrected chi connectivity index (χ3v) is 4.04. The number of amides is 1. The predicted molar refractivity (Wildman–Crippen MR) is 71.5 cm³/mol. The smallest absolute Gasteiger partial charge is 0.277 e. The average molecular weight is 312 g/mol. The highest BCUT2D eigenvalue weighted by molar-refractivity contribution is 9.10. The third kappa shape index (κ3) is 2.70. The van der Waals surface area contributed by atoms with Crippen LogP contribution >= 0.6 is 27.5 Å². The van der Waals surface area contributed by atoms with Crippen molar-refractivity contribution in [3.63, 3.8) is 0 Å². The normalized spacial score (nSPS) is 10.3. The summed E-state index contributed by atoms with van der Waals surface area (Å²) >= 11 is 4.64. The van der Waals surface area contributed by atoms with E-state index in [9.17, 15) is 4.79 Å². The fourth-order valence-electron chi connectivity index (χ4n) is 1.48. The lowest BCUT2D eigenvalue weighted by Gasteiger charge is -2.08. The molecule has 0 fully saturated rings. The molecule has 0 atom stereocenters. The molecule has 2 rings (SSSR count). The predicted octanol–water partition coefficient (Wildman–Crippen LogP) is 3.17. The van der Waals surface area contributed by atoms with Gasteiger partial charge in [0.15, 0.2) is 5.69 Å². The van der Waals surface area contributed by atoms with Gasteiger partial charge in [-0.1, -0.05) is 20.4 Å². The van der Waals surface area contributed by atoms with Crippen LogP contribution in [-0.4, -0.2) is 15.5 Å². The van der Waals surface area contributed by atoms with Gasteiger partial charge in [0.25, 0.3) is 5.91 Å². The van der Waals surface area contributed by atoms with Gasteiger partial charge in [0, 0.05) is 15.5 Å². The number of benzene rings is 1. The highest BCUT2D eigenvalue weighted by Gasteiger charge is 2.10. The Balaban J connectivity index is 2.22. The number of hydrogen-bond acceptors (Lipinski definition) is 4. The molecule has 88 valence electrons. The molecule has 0 saturated carbocycles. The summed E-state index contributed by atoms with van der Waals surface area (Å²) < 4.78 is 4.72. The summed E-state index contributed by atoms with van der Waals surface area (Å²) in [6.07, 6.45) is 0. The quantitative estimate of drug-likeness (QED) is 0.926. The average Bonchev–Trinajstić information content (AvgIpc) is 2.79. The Labute approximate surface area is 111 Å². The first-order valence-electron chi connectivity index (χ1n) is 4.93. The molecule has 1 N–H and O–H groups in total. The maximum Gasteiger partial charge on any atom is 0.277 e. The topological polar surface area (TPSA) is 54.9 Å². The third-order valence-electron chi connectivity index (χ3n) is 2.29. The monoisotopic (exact) mass is 311 g/mol. The van der Waals surface area contributed by atoms with E-state index in [4.69, 9.17) is 0 Å². The molecule has 1 aromatic heterocycles. The van der Waals surface area contributed by atoms with Crippen LogP contribution in [0.3, 0.4) is 0 Å². The molecule has 0 aliphatic rings. The van der Waals surface area contributed by atoms with Crippen LogP contribution in [0.1, 0.15) is 21.6 Å². The van der Waals surface area contributed by atoms with Crippen molar-refractivity contribution in [3.05, 3.63) is 38.8 Å². The van der Waals surface area contributed by atoms with E-state index >= 15 is 0 Å². The molecule has 17 heavy (non-hydrogen) atoms. The Kier molecular flexibility index (Phi) is 3.54. The second kappa shape index (κ2) is 4.93. The molecule has 0 saturated heterocycles. The standard InChI is InChI=1S/C11H10BrN3OS/c1-6-3-8(4-7(2)10(6)12)13-11(16)9-5-17-15-14-9/h3-5H,1-2H3,(H,13,16). The lowest BCUT2D eigenvalue weighted by molar-refractivity contribution is 0.102. The highest BCUT2D eigenvalue weighted by atomic mass is 79.9. The first-order valence-corrected chi connectivity index (χ1v) is 6.56. The van der Waals surface area contributed by atoms with Crippen LogP contribution in [0.25, 0.3) is 0 Å². The Morgan fingerprint density at radius 1 is 1.35 bits per heavy atom. The van der Waals surface area contributed by atoms with Gasteiger partial charge in [-0.2, -0.15) is 0 Å². The molecule has 1 aromatic carbocycles. The number of nitrogens with zero attached hydrogens (tertiary/aromatic N) is 2. The van der Waals surface area contributed by atoms with E-state index in [0.717, 1.165) is 32.8 Å². The van der Waals surface area contributed by atoms with Crippen LogP contribution in [0, 0.1) is 13.8 Å². The van der Waals surface area contributed by atoms with E-state index in [1.165, 1.54) is 0 Å². The maximum absolute atomic E-state index is 11.8. The van der Waals surface area contributed by atoms with Crippen LogP contribution < -0.4 is 5.32 Å². The molecule has 0 unspecified atom stereocenters. The van der Waals surface area contributed by atoms with Gasteiger partial charge >= 0.3 is 0 Å². The molecule has 1 heterocycles. The fraction of sp³-hybridized carbons (Fsp3) is 0.182. The van der Waals surface area contributed by atoms with Crippen molar-refractivity contribution in [3.8, 4) is 0 Å². The fourth-order valence-corrected chi connectivity index (χ4v) is 2.14. The zero-order valence-electron chi connectivity index (χ0n) is 9.32. The summed E-state index contributed by atoms with van der Waals surface area (Å²) in [5, 5.41) is 8.14. The Hall–Kier alpha value is -1.27. The van der Waals surface area contributed by atoms with Crippen molar-refractivity contribution in [1.82, 2.24) is 9.59 Å². The second-order valence-corrected chi connectivity index (χ2v) is 5.07. The van der Waals surface area contributed by atoms with Crippen molar-refractivity contribution in [2.45, 2.75) is 13.8 Å². The molecule has 0 bridgehead atoms. The zero-order chi connectivity index (χ0) is 12.4. The van der Waals surface area contributed by atoms with Gasteiger partial charge in [-0.3, -0.25) is 4.79 Å². The summed E-state index contributed by atoms with van der Waals surface area (Å²) in [5.41, 5.74) is 3.27. The van der Waals surface area contributed by atoms with Crippen molar-refractivity contribution >= 4 is 39.1 Å². The molecule has 1 amide bonds. The zero-order valence-corrected chi connectivity index (χ0v) is 11.7. The molecule has 0 radical (unpaired) electrons. The van der Waals surface area contributed by atoms with E-state index in [1.807, 2.05) is 26.0 Å². The number of rotatable bonds is 2. The van der Waals surface area contributed by atoms with Crippen molar-refractivity contribution in [2.75, 3.05) is 5.32 Å². The number of aromatic nitrogens is 2. The molecular weight excluding hydrogens is 302 g/mol. The molecule has 0 aliphatic carbocycles. The summed E-state index contributed by atoms with van der Waals surface area (Å²) in [5.74, 6) is -0.236. The van der Waals surface area contributed by atoms with Crippen molar-refractivity contribution in [1.29, 1.82) is 0 Å². The maximum atomic E-state index is 11.8. The lowest BCUT2D eigenvalue weighted by Crippen LogP contribution is -2.12. The number of hydrogen-bond donors (Lipinski definition) is 1. The van der Waals surface area contributed by atoms with E-state index in [2.05, 4.69) is 30.8 Å². The summed E-state index contributed by atoms with van der Waals surface area (Å²) in [4.78, 5) is 11.8. The van der Waals surface area contributed by atoms with Crippen LogP contribution in [-0.2, 0) is 0 Å². The number of carbonyl (C=O) groups excluding carboxylic acids is 1. The summed E-state index contributed by atoms with van der Waals surface area (Å²) in [7, 11) is 0. The van der Waals surface area contributed by atoms with Gasteiger partial charge in [0.05, 0.1) is 0 Å². The molecule has 4 nitrogen and oxygen atoms in total. The number of aryl methyl sites for hydroxylation is 2. The minimum Gasteiger partial charge on any atom is -0.321 e. The number of anilines is 1. The number of halogens is 1. The van der Waals surface area contributed by atoms with Gasteiger partial charge in [-0.05, 0) is 48.6 Å². The second-order valence-electron chi connectivity index (χ2n) is 3.67. The van der Waals surface area contributed by atoms with Gasteiger partial charge in [0.1, 0.15) is 0 Å². The molecule has 0 aliphatic heterocycles. The summed E-state index contributed by atoms with van der Waals surface area (Å²) in [6, 6.07) is 3.82. The van der Waals surface area contributed by atoms with E-state index in [0.29, 0.717) is 5.69 Å². The van der Waals surface area contributed by atoms with Crippen LogP contribution in [0.5, 0.6) is 0 Å². The van der Waals surface area contributed by atoms with E-state index in [1.54, 1.807) is 5.38 Å². The van der Waals surface area contributed by atoms with Gasteiger partial charge < -0.3 is 5.32 Å². The van der Waals surface area contributed by atoms with Gasteiger partial charge in [-0.25, -0.2) is 0 Å². The van der Waals surface area contributed by atoms with E-state index < -0.39 is 0 Å². The minimum absolute atomic E-state index is 0.236. The molecular formula is C11H10BrN3OS. The van der Waals surface area contributed by atoms with Gasteiger partial charge in [-0.15, -0.1) is 5.10 Å². The number of nitrogens with one attached hydrogen (secondary N) is 1.